The van der Waals surface area contributed by atoms with Crippen LogP contribution in [0.5, 0.6) is 5.75 Å². The minimum atomic E-state index is -1.17. The van der Waals surface area contributed by atoms with Crippen LogP contribution in [0.15, 0.2) is 83.7 Å². The fourth-order valence-electron chi connectivity index (χ4n) is 4.16. The molecule has 0 saturated heterocycles. The molecule has 1 N–H and O–H groups in total. The first-order chi connectivity index (χ1) is 17.5. The molecule has 0 aliphatic carbocycles. The number of carbonyl (C=O) groups excluding carboxylic acids is 2. The number of methoxy groups -OCH3 is 2. The number of hydrogen-bond acceptors (Lipinski definition) is 6. The van der Waals surface area contributed by atoms with E-state index in [9.17, 15) is 19.6 Å². The van der Waals surface area contributed by atoms with Crippen LogP contribution >= 0.6 is 0 Å². The van der Waals surface area contributed by atoms with Crippen LogP contribution in [0, 0.1) is 11.3 Å². The molecule has 0 bridgehead atoms. The molecule has 0 aliphatic rings. The van der Waals surface area contributed by atoms with E-state index in [-0.39, 0.29) is 12.1 Å². The molecule has 4 aromatic rings. The van der Waals surface area contributed by atoms with E-state index in [4.69, 9.17) is 4.74 Å². The topological polar surface area (TPSA) is 110 Å². The van der Waals surface area contributed by atoms with Gasteiger partial charge in [0.15, 0.2) is 0 Å². The van der Waals surface area contributed by atoms with Gasteiger partial charge >= 0.3 is 5.97 Å². The zero-order chi connectivity index (χ0) is 25.7. The summed E-state index contributed by atoms with van der Waals surface area (Å²) < 4.78 is 11.2. The maximum atomic E-state index is 13.9. The van der Waals surface area contributed by atoms with Crippen LogP contribution in [0.4, 0.5) is 0 Å². The lowest BCUT2D eigenvalue weighted by Gasteiger charge is -2.24. The molecule has 1 heterocycles. The number of pyridine rings is 1. The number of esters is 1. The molecule has 1 aromatic heterocycles. The standard InChI is InChI=1S/C28H23N3O5/c1-35-20-14-12-19(13-15-20)26(27(33)30-17-24(32)36-2)31-23-11-7-6-10-21(23)25(22(16-29)28(31)34)18-8-4-3-5-9-18/h3-15,26H,17H2,1-2H3,(H,30,33). The van der Waals surface area contributed by atoms with Crippen molar-refractivity contribution in [2.75, 3.05) is 20.8 Å². The second-order valence-electron chi connectivity index (χ2n) is 7.89. The highest BCUT2D eigenvalue weighted by molar-refractivity contribution is 5.99. The Morgan fingerprint density at radius 3 is 2.28 bits per heavy atom. The lowest BCUT2D eigenvalue weighted by atomic mass is 9.95. The number of rotatable bonds is 7. The molecule has 180 valence electrons. The molecule has 8 nitrogen and oxygen atoms in total. The molecular formula is C28H23N3O5. The number of ether oxygens (including phenoxy) is 2. The average Bonchev–Trinajstić information content (AvgIpc) is 2.93. The van der Waals surface area contributed by atoms with E-state index in [0.717, 1.165) is 0 Å². The van der Waals surface area contributed by atoms with Gasteiger partial charge in [-0.1, -0.05) is 60.7 Å². The number of nitriles is 1. The zero-order valence-electron chi connectivity index (χ0n) is 19.7. The van der Waals surface area contributed by atoms with Gasteiger partial charge in [-0.25, -0.2) is 0 Å². The number of nitrogens with one attached hydrogen (secondary N) is 1. The quantitative estimate of drug-likeness (QED) is 0.405. The largest absolute Gasteiger partial charge is 0.497 e. The van der Waals surface area contributed by atoms with Gasteiger partial charge in [0.1, 0.15) is 30.0 Å². The van der Waals surface area contributed by atoms with Crippen LogP contribution in [0.25, 0.3) is 22.0 Å². The van der Waals surface area contributed by atoms with Crippen LogP contribution < -0.4 is 15.6 Å². The second kappa shape index (κ2) is 10.6. The van der Waals surface area contributed by atoms with E-state index < -0.39 is 23.5 Å². The molecular weight excluding hydrogens is 458 g/mol. The molecule has 8 heteroatoms. The number of benzene rings is 3. The lowest BCUT2D eigenvalue weighted by Crippen LogP contribution is -2.41. The molecule has 0 aliphatic heterocycles. The number of carbonyl (C=O) groups is 2. The van der Waals surface area contributed by atoms with E-state index in [1.807, 2.05) is 42.5 Å². The number of nitrogens with zero attached hydrogens (tertiary/aromatic N) is 2. The van der Waals surface area contributed by atoms with Gasteiger partial charge in [-0.05, 0) is 29.3 Å². The summed E-state index contributed by atoms with van der Waals surface area (Å²) in [6.07, 6.45) is 0. The van der Waals surface area contributed by atoms with E-state index in [0.29, 0.717) is 33.3 Å². The highest BCUT2D eigenvalue weighted by Gasteiger charge is 2.29. The van der Waals surface area contributed by atoms with Gasteiger partial charge in [-0.3, -0.25) is 19.0 Å². The minimum absolute atomic E-state index is 0.0841. The smallest absolute Gasteiger partial charge is 0.325 e. The summed E-state index contributed by atoms with van der Waals surface area (Å²) in [6.45, 7) is -0.373. The summed E-state index contributed by atoms with van der Waals surface area (Å²) in [5, 5.41) is 13.3. The van der Waals surface area contributed by atoms with Crippen molar-refractivity contribution in [1.29, 1.82) is 5.26 Å². The summed E-state index contributed by atoms with van der Waals surface area (Å²) in [5.74, 6) is -0.665. The molecule has 3 aromatic carbocycles. The van der Waals surface area contributed by atoms with Crippen molar-refractivity contribution in [3.8, 4) is 22.9 Å². The molecule has 4 rings (SSSR count). The highest BCUT2D eigenvalue weighted by Crippen LogP contribution is 2.33. The van der Waals surface area contributed by atoms with Crippen molar-refractivity contribution in [3.63, 3.8) is 0 Å². The van der Waals surface area contributed by atoms with Crippen LogP contribution in [-0.2, 0) is 14.3 Å². The van der Waals surface area contributed by atoms with Crippen molar-refractivity contribution in [3.05, 3.63) is 100 Å². The first-order valence-corrected chi connectivity index (χ1v) is 11.1. The Kier molecular flexibility index (Phi) is 7.12. The Hall–Kier alpha value is -4.90. The number of para-hydroxylation sites is 1. The molecule has 0 fully saturated rings. The number of aromatic nitrogens is 1. The van der Waals surface area contributed by atoms with Gasteiger partial charge in [-0.2, -0.15) is 5.26 Å². The van der Waals surface area contributed by atoms with Crippen LogP contribution in [-0.4, -0.2) is 37.2 Å². The van der Waals surface area contributed by atoms with Crippen molar-refractivity contribution < 1.29 is 19.1 Å². The molecule has 36 heavy (non-hydrogen) atoms. The zero-order valence-corrected chi connectivity index (χ0v) is 19.7. The Balaban J connectivity index is 2.02. The molecule has 1 unspecified atom stereocenters. The monoisotopic (exact) mass is 481 g/mol. The molecule has 1 atom stereocenters. The van der Waals surface area contributed by atoms with E-state index in [1.54, 1.807) is 36.4 Å². The summed E-state index contributed by atoms with van der Waals surface area (Å²) in [5.41, 5.74) is 1.45. The van der Waals surface area contributed by atoms with Gasteiger partial charge in [0, 0.05) is 10.9 Å². The van der Waals surface area contributed by atoms with Crippen LogP contribution in [0.1, 0.15) is 17.2 Å². The van der Waals surface area contributed by atoms with Gasteiger partial charge < -0.3 is 14.8 Å². The van der Waals surface area contributed by atoms with Gasteiger partial charge in [0.05, 0.1) is 19.7 Å². The molecule has 0 radical (unpaired) electrons. The van der Waals surface area contributed by atoms with Crippen molar-refractivity contribution in [2.45, 2.75) is 6.04 Å². The number of hydrogen-bond donors (Lipinski definition) is 1. The third-order valence-corrected chi connectivity index (χ3v) is 5.86. The predicted octanol–water partition coefficient (Wildman–Crippen LogP) is 3.43. The summed E-state index contributed by atoms with van der Waals surface area (Å²) in [4.78, 5) is 39.1. The third-order valence-electron chi connectivity index (χ3n) is 5.86. The maximum Gasteiger partial charge on any atom is 0.325 e. The Bertz CT molecular complexity index is 1520. The van der Waals surface area contributed by atoms with E-state index >= 15 is 0 Å². The third kappa shape index (κ3) is 4.55. The SMILES string of the molecule is COC(=O)CNC(=O)C(c1ccc(OC)cc1)n1c(=O)c(C#N)c(-c2ccccc2)c2ccccc21. The fourth-order valence-corrected chi connectivity index (χ4v) is 4.16. The molecule has 0 spiro atoms. The highest BCUT2D eigenvalue weighted by atomic mass is 16.5. The molecule has 0 saturated carbocycles. The average molecular weight is 482 g/mol. The van der Waals surface area contributed by atoms with E-state index in [2.05, 4.69) is 16.1 Å². The second-order valence-corrected chi connectivity index (χ2v) is 7.89. The Labute approximate surface area is 207 Å². The van der Waals surface area contributed by atoms with Gasteiger partial charge in [0.25, 0.3) is 5.56 Å². The van der Waals surface area contributed by atoms with Crippen LogP contribution in [0.3, 0.4) is 0 Å². The Morgan fingerprint density at radius 2 is 1.64 bits per heavy atom. The minimum Gasteiger partial charge on any atom is -0.497 e. The lowest BCUT2D eigenvalue weighted by molar-refractivity contribution is -0.141. The summed E-state index contributed by atoms with van der Waals surface area (Å²) in [6, 6.07) is 23.9. The van der Waals surface area contributed by atoms with Crippen molar-refractivity contribution in [2.24, 2.45) is 0 Å². The molecule has 1 amide bonds. The van der Waals surface area contributed by atoms with Gasteiger partial charge in [-0.15, -0.1) is 0 Å². The van der Waals surface area contributed by atoms with Crippen molar-refractivity contribution in [1.82, 2.24) is 9.88 Å². The predicted molar refractivity (Wildman–Crippen MR) is 135 cm³/mol. The maximum absolute atomic E-state index is 13.9. The van der Waals surface area contributed by atoms with Crippen molar-refractivity contribution >= 4 is 22.8 Å². The van der Waals surface area contributed by atoms with Gasteiger partial charge in [0.2, 0.25) is 5.91 Å². The Morgan fingerprint density at radius 1 is 0.972 bits per heavy atom. The summed E-state index contributed by atoms with van der Waals surface area (Å²) in [7, 11) is 2.74. The first kappa shape index (κ1) is 24.2. The van der Waals surface area contributed by atoms with E-state index in [1.165, 1.54) is 18.8 Å². The fraction of sp³-hybridized carbons (Fsp3) is 0.143. The number of fused-ring (bicyclic) bond motifs is 1. The first-order valence-electron chi connectivity index (χ1n) is 11.1. The van der Waals surface area contributed by atoms with Crippen LogP contribution in [0.2, 0.25) is 0 Å². The summed E-state index contributed by atoms with van der Waals surface area (Å²) >= 11 is 0. The number of amides is 1. The normalized spacial score (nSPS) is 11.4.